The molecule has 9 heteroatoms. The van der Waals surface area contributed by atoms with Gasteiger partial charge in [-0.15, -0.1) is 11.8 Å². The van der Waals surface area contributed by atoms with Crippen molar-refractivity contribution in [2.45, 2.75) is 17.9 Å². The minimum absolute atomic E-state index is 0.246. The molecule has 0 unspecified atom stereocenters. The summed E-state index contributed by atoms with van der Waals surface area (Å²) >= 11 is 1.61. The molecule has 0 fully saturated rings. The molecule has 7 nitrogen and oxygen atoms in total. The Labute approximate surface area is 176 Å². The van der Waals surface area contributed by atoms with E-state index in [-0.39, 0.29) is 5.69 Å². The normalized spacial score (nSPS) is 12.1. The van der Waals surface area contributed by atoms with E-state index in [0.717, 1.165) is 15.5 Å². The van der Waals surface area contributed by atoms with Crippen LogP contribution in [0.25, 0.3) is 0 Å². The lowest BCUT2D eigenvalue weighted by atomic mass is 10.2. The molecule has 0 heterocycles. The summed E-state index contributed by atoms with van der Waals surface area (Å²) in [5, 5.41) is 2.80. The highest BCUT2D eigenvalue weighted by Gasteiger charge is 2.31. The largest absolute Gasteiger partial charge is 0.497 e. The van der Waals surface area contributed by atoms with Crippen LogP contribution in [0, 0.1) is 0 Å². The summed E-state index contributed by atoms with van der Waals surface area (Å²) in [5.74, 6) is 1.06. The van der Waals surface area contributed by atoms with Crippen molar-refractivity contribution in [3.63, 3.8) is 0 Å². The first kappa shape index (κ1) is 22.9. The average molecular weight is 439 g/mol. The van der Waals surface area contributed by atoms with E-state index in [1.807, 2.05) is 30.3 Å². The zero-order chi connectivity index (χ0) is 21.4. The number of sulfonamides is 1. The van der Waals surface area contributed by atoms with Gasteiger partial charge in [-0.2, -0.15) is 0 Å². The van der Waals surface area contributed by atoms with Crippen molar-refractivity contribution >= 4 is 33.4 Å². The van der Waals surface area contributed by atoms with E-state index in [1.165, 1.54) is 20.3 Å². The van der Waals surface area contributed by atoms with E-state index in [4.69, 9.17) is 9.47 Å². The van der Waals surface area contributed by atoms with Crippen LogP contribution in [0.3, 0.4) is 0 Å². The van der Waals surface area contributed by atoms with E-state index >= 15 is 0 Å². The second kappa shape index (κ2) is 10.4. The van der Waals surface area contributed by atoms with Crippen LogP contribution in [0.4, 0.5) is 5.69 Å². The summed E-state index contributed by atoms with van der Waals surface area (Å²) in [6.45, 7) is 1.95. The monoisotopic (exact) mass is 438 g/mol. The highest BCUT2D eigenvalue weighted by molar-refractivity contribution is 7.99. The van der Waals surface area contributed by atoms with Crippen molar-refractivity contribution in [1.29, 1.82) is 0 Å². The molecule has 1 amide bonds. The molecule has 0 aliphatic rings. The van der Waals surface area contributed by atoms with Crippen molar-refractivity contribution in [2.75, 3.05) is 37.1 Å². The van der Waals surface area contributed by atoms with Crippen LogP contribution in [0.15, 0.2) is 53.4 Å². The molecular weight excluding hydrogens is 412 g/mol. The van der Waals surface area contributed by atoms with E-state index in [9.17, 15) is 13.2 Å². The number of ether oxygens (including phenoxy) is 2. The molecule has 2 aromatic rings. The molecule has 0 spiro atoms. The van der Waals surface area contributed by atoms with Gasteiger partial charge in [-0.25, -0.2) is 8.42 Å². The van der Waals surface area contributed by atoms with Crippen molar-refractivity contribution < 1.29 is 22.7 Å². The van der Waals surface area contributed by atoms with Gasteiger partial charge in [0.05, 0.1) is 26.2 Å². The van der Waals surface area contributed by atoms with Gasteiger partial charge in [0.1, 0.15) is 17.5 Å². The molecule has 0 saturated carbocycles. The van der Waals surface area contributed by atoms with E-state index in [0.29, 0.717) is 23.8 Å². The number of anilines is 1. The summed E-state index contributed by atoms with van der Waals surface area (Å²) in [7, 11) is -0.837. The van der Waals surface area contributed by atoms with E-state index < -0.39 is 22.0 Å². The number of carbonyl (C=O) groups excluding carboxylic acids is 1. The Kier molecular flexibility index (Phi) is 8.21. The number of carbonyl (C=O) groups is 1. The number of nitrogens with zero attached hydrogens (tertiary/aromatic N) is 1. The maximum atomic E-state index is 12.7. The van der Waals surface area contributed by atoms with Crippen LogP contribution in [-0.2, 0) is 14.8 Å². The number of hydrogen-bond acceptors (Lipinski definition) is 6. The van der Waals surface area contributed by atoms with Crippen LogP contribution in [0.1, 0.15) is 6.92 Å². The van der Waals surface area contributed by atoms with Crippen molar-refractivity contribution in [3.8, 4) is 11.5 Å². The van der Waals surface area contributed by atoms with E-state index in [1.54, 1.807) is 30.8 Å². The molecule has 0 aliphatic carbocycles. The summed E-state index contributed by atoms with van der Waals surface area (Å²) in [6, 6.07) is 13.7. The standard InChI is InChI=1S/C20H26N2O5S2/c1-15(20(23)21-12-13-28-17-8-6-5-7-9-17)22(29(4,24)25)18-14-16(26-2)10-11-19(18)27-3/h5-11,14-15H,12-13H2,1-4H3,(H,21,23)/t15-/m0/s1. The van der Waals surface area contributed by atoms with Crippen molar-refractivity contribution in [1.82, 2.24) is 5.32 Å². The summed E-state index contributed by atoms with van der Waals surface area (Å²) in [4.78, 5) is 13.8. The molecule has 29 heavy (non-hydrogen) atoms. The number of rotatable bonds is 10. The number of amides is 1. The van der Waals surface area contributed by atoms with Gasteiger partial charge in [-0.05, 0) is 31.2 Å². The third kappa shape index (κ3) is 6.30. The van der Waals surface area contributed by atoms with Gasteiger partial charge < -0.3 is 14.8 Å². The van der Waals surface area contributed by atoms with Crippen LogP contribution < -0.4 is 19.1 Å². The molecule has 2 rings (SSSR count). The highest BCUT2D eigenvalue weighted by Crippen LogP contribution is 2.35. The minimum atomic E-state index is -3.76. The molecule has 0 saturated heterocycles. The van der Waals surface area contributed by atoms with Gasteiger partial charge in [-0.1, -0.05) is 18.2 Å². The van der Waals surface area contributed by atoms with E-state index in [2.05, 4.69) is 5.32 Å². The van der Waals surface area contributed by atoms with Gasteiger partial charge in [0.25, 0.3) is 0 Å². The number of benzene rings is 2. The first-order valence-electron chi connectivity index (χ1n) is 8.95. The van der Waals surface area contributed by atoms with Gasteiger partial charge in [-0.3, -0.25) is 9.10 Å². The van der Waals surface area contributed by atoms with Gasteiger partial charge in [0.15, 0.2) is 0 Å². The maximum Gasteiger partial charge on any atom is 0.243 e. The van der Waals surface area contributed by atoms with Gasteiger partial charge in [0.2, 0.25) is 15.9 Å². The highest BCUT2D eigenvalue weighted by atomic mass is 32.2. The number of thioether (sulfide) groups is 1. The SMILES string of the molecule is COc1ccc(OC)c(N([C@@H](C)C(=O)NCCSc2ccccc2)S(C)(=O)=O)c1. The second-order valence-corrected chi connectivity index (χ2v) is 9.25. The first-order valence-corrected chi connectivity index (χ1v) is 11.8. The molecule has 0 aliphatic heterocycles. The Morgan fingerprint density at radius 3 is 2.41 bits per heavy atom. The molecule has 0 radical (unpaired) electrons. The van der Waals surface area contributed by atoms with Crippen molar-refractivity contribution in [2.24, 2.45) is 0 Å². The quantitative estimate of drug-likeness (QED) is 0.454. The molecule has 0 bridgehead atoms. The fourth-order valence-corrected chi connectivity index (χ4v) is 4.72. The van der Waals surface area contributed by atoms with Crippen LogP contribution in [-0.4, -0.2) is 53.1 Å². The number of nitrogens with one attached hydrogen (secondary N) is 1. The summed E-state index contributed by atoms with van der Waals surface area (Å²) < 4.78 is 36.6. The lowest BCUT2D eigenvalue weighted by Gasteiger charge is -2.29. The van der Waals surface area contributed by atoms with Crippen LogP contribution >= 0.6 is 11.8 Å². The van der Waals surface area contributed by atoms with Gasteiger partial charge in [0, 0.05) is 23.3 Å². The van der Waals surface area contributed by atoms with Crippen LogP contribution in [0.5, 0.6) is 11.5 Å². The topological polar surface area (TPSA) is 84.9 Å². The molecule has 158 valence electrons. The molecule has 2 aromatic carbocycles. The lowest BCUT2D eigenvalue weighted by molar-refractivity contribution is -0.121. The summed E-state index contributed by atoms with van der Waals surface area (Å²) in [5.41, 5.74) is 0.246. The zero-order valence-corrected chi connectivity index (χ0v) is 18.5. The Hall–Kier alpha value is -2.39. The molecule has 1 atom stereocenters. The first-order chi connectivity index (χ1) is 13.8. The summed E-state index contributed by atoms with van der Waals surface area (Å²) in [6.07, 6.45) is 1.06. The minimum Gasteiger partial charge on any atom is -0.497 e. The Balaban J connectivity index is 2.13. The molecule has 1 N–H and O–H groups in total. The predicted octanol–water partition coefficient (Wildman–Crippen LogP) is 2.77. The van der Waals surface area contributed by atoms with Crippen molar-refractivity contribution in [3.05, 3.63) is 48.5 Å². The zero-order valence-electron chi connectivity index (χ0n) is 16.9. The average Bonchev–Trinajstić information content (AvgIpc) is 2.70. The molecular formula is C20H26N2O5S2. The number of hydrogen-bond donors (Lipinski definition) is 1. The third-order valence-electron chi connectivity index (χ3n) is 4.13. The fraction of sp³-hybridized carbons (Fsp3) is 0.350. The smallest absolute Gasteiger partial charge is 0.243 e. The second-order valence-electron chi connectivity index (χ2n) is 6.23. The Morgan fingerprint density at radius 1 is 1.14 bits per heavy atom. The Morgan fingerprint density at radius 2 is 1.83 bits per heavy atom. The van der Waals surface area contributed by atoms with Crippen LogP contribution in [0.2, 0.25) is 0 Å². The molecule has 0 aromatic heterocycles. The maximum absolute atomic E-state index is 12.7. The Bertz CT molecular complexity index is 920. The fourth-order valence-electron chi connectivity index (χ4n) is 2.76. The third-order valence-corrected chi connectivity index (χ3v) is 6.37. The lowest BCUT2D eigenvalue weighted by Crippen LogP contribution is -2.48. The predicted molar refractivity (Wildman–Crippen MR) is 117 cm³/mol. The number of methoxy groups -OCH3 is 2. The van der Waals surface area contributed by atoms with Gasteiger partial charge >= 0.3 is 0 Å².